The SMILES string of the molecule is Cc1ccc(S(=O)(=O)NC(C)CCS(C)=O)c(Br)c1. The molecule has 1 rings (SSSR count). The highest BCUT2D eigenvalue weighted by Crippen LogP contribution is 2.23. The van der Waals surface area contributed by atoms with E-state index in [0.717, 1.165) is 5.56 Å². The van der Waals surface area contributed by atoms with Crippen molar-refractivity contribution < 1.29 is 12.6 Å². The minimum absolute atomic E-state index is 0.225. The lowest BCUT2D eigenvalue weighted by Crippen LogP contribution is -2.33. The second kappa shape index (κ2) is 6.97. The van der Waals surface area contributed by atoms with Crippen LogP contribution in [0.1, 0.15) is 18.9 Å². The molecule has 4 nitrogen and oxygen atoms in total. The van der Waals surface area contributed by atoms with E-state index in [1.807, 2.05) is 6.92 Å². The molecule has 0 spiro atoms. The normalized spacial score (nSPS) is 15.2. The molecule has 0 aliphatic heterocycles. The van der Waals surface area contributed by atoms with Crippen LogP contribution < -0.4 is 4.72 Å². The fourth-order valence-electron chi connectivity index (χ4n) is 1.55. The van der Waals surface area contributed by atoms with Crippen molar-refractivity contribution in [3.63, 3.8) is 0 Å². The molecule has 0 bridgehead atoms. The molecule has 2 unspecified atom stereocenters. The molecule has 1 aromatic carbocycles. The van der Waals surface area contributed by atoms with Gasteiger partial charge in [0.1, 0.15) is 0 Å². The highest BCUT2D eigenvalue weighted by atomic mass is 79.9. The fraction of sp³-hybridized carbons (Fsp3) is 0.500. The van der Waals surface area contributed by atoms with Crippen LogP contribution in [0.3, 0.4) is 0 Å². The third-order valence-electron chi connectivity index (χ3n) is 2.57. The second-order valence-electron chi connectivity index (χ2n) is 4.52. The molecule has 7 heteroatoms. The second-order valence-corrected chi connectivity index (χ2v) is 8.61. The van der Waals surface area contributed by atoms with Gasteiger partial charge in [0, 0.05) is 33.3 Å². The van der Waals surface area contributed by atoms with E-state index in [4.69, 9.17) is 0 Å². The lowest BCUT2D eigenvalue weighted by molar-refractivity contribution is 0.555. The molecular weight excluding hydrogens is 350 g/mol. The highest BCUT2D eigenvalue weighted by Gasteiger charge is 2.20. The van der Waals surface area contributed by atoms with Crippen LogP contribution in [-0.4, -0.2) is 30.7 Å². The molecule has 0 radical (unpaired) electrons. The summed E-state index contributed by atoms with van der Waals surface area (Å²) < 4.78 is 38.6. The summed E-state index contributed by atoms with van der Waals surface area (Å²) in [7, 11) is -4.46. The Morgan fingerprint density at radius 2 is 2.05 bits per heavy atom. The zero-order valence-corrected chi connectivity index (χ0v) is 14.4. The molecule has 108 valence electrons. The Labute approximate surface area is 125 Å². The van der Waals surface area contributed by atoms with Crippen LogP contribution in [0.2, 0.25) is 0 Å². The summed E-state index contributed by atoms with van der Waals surface area (Å²) in [6, 6.07) is 4.85. The molecule has 0 aliphatic carbocycles. The van der Waals surface area contributed by atoms with Gasteiger partial charge in [0.25, 0.3) is 0 Å². The van der Waals surface area contributed by atoms with E-state index in [-0.39, 0.29) is 10.9 Å². The van der Waals surface area contributed by atoms with E-state index in [9.17, 15) is 12.6 Å². The molecule has 0 amide bonds. The number of halogens is 1. The Morgan fingerprint density at radius 1 is 1.42 bits per heavy atom. The van der Waals surface area contributed by atoms with Crippen LogP contribution >= 0.6 is 15.9 Å². The van der Waals surface area contributed by atoms with Gasteiger partial charge in [0.15, 0.2) is 0 Å². The number of sulfonamides is 1. The van der Waals surface area contributed by atoms with Crippen molar-refractivity contribution in [2.75, 3.05) is 12.0 Å². The summed E-state index contributed by atoms with van der Waals surface area (Å²) in [4.78, 5) is 0.225. The van der Waals surface area contributed by atoms with E-state index in [0.29, 0.717) is 16.6 Å². The first-order chi connectivity index (χ1) is 8.72. The molecular formula is C12H18BrNO3S2. The van der Waals surface area contributed by atoms with Gasteiger partial charge in [-0.1, -0.05) is 6.07 Å². The summed E-state index contributed by atoms with van der Waals surface area (Å²) in [6.45, 7) is 3.67. The third-order valence-corrected chi connectivity index (χ3v) is 5.95. The van der Waals surface area contributed by atoms with Crippen molar-refractivity contribution in [2.45, 2.75) is 31.2 Å². The number of benzene rings is 1. The zero-order chi connectivity index (χ0) is 14.6. The Balaban J connectivity index is 2.83. The molecule has 1 aromatic rings. The van der Waals surface area contributed by atoms with Gasteiger partial charge in [0.05, 0.1) is 4.90 Å². The van der Waals surface area contributed by atoms with E-state index < -0.39 is 20.8 Å². The number of rotatable bonds is 6. The van der Waals surface area contributed by atoms with Crippen LogP contribution in [0.15, 0.2) is 27.6 Å². The number of nitrogens with one attached hydrogen (secondary N) is 1. The van der Waals surface area contributed by atoms with E-state index in [1.165, 1.54) is 0 Å². The minimum Gasteiger partial charge on any atom is -0.260 e. The van der Waals surface area contributed by atoms with Gasteiger partial charge in [0.2, 0.25) is 10.0 Å². The smallest absolute Gasteiger partial charge is 0.241 e. The van der Waals surface area contributed by atoms with Gasteiger partial charge >= 0.3 is 0 Å². The van der Waals surface area contributed by atoms with Crippen molar-refractivity contribution in [2.24, 2.45) is 0 Å². The van der Waals surface area contributed by atoms with E-state index in [1.54, 1.807) is 31.4 Å². The van der Waals surface area contributed by atoms with Crippen LogP contribution in [0.5, 0.6) is 0 Å². The van der Waals surface area contributed by atoms with Gasteiger partial charge in [-0.15, -0.1) is 0 Å². The van der Waals surface area contributed by atoms with Gasteiger partial charge < -0.3 is 0 Å². The van der Waals surface area contributed by atoms with Gasteiger partial charge in [-0.2, -0.15) is 0 Å². The summed E-state index contributed by atoms with van der Waals surface area (Å²) in [5.74, 6) is 0.485. The molecule has 0 heterocycles. The number of hydrogen-bond acceptors (Lipinski definition) is 3. The van der Waals surface area contributed by atoms with Gasteiger partial charge in [-0.3, -0.25) is 4.21 Å². The first-order valence-electron chi connectivity index (χ1n) is 5.81. The lowest BCUT2D eigenvalue weighted by Gasteiger charge is -2.14. The maximum atomic E-state index is 12.2. The average Bonchev–Trinajstić information content (AvgIpc) is 2.25. The fourth-order valence-corrected chi connectivity index (χ4v) is 4.71. The van der Waals surface area contributed by atoms with Crippen LogP contribution in [0, 0.1) is 6.92 Å². The van der Waals surface area contributed by atoms with Crippen molar-refractivity contribution >= 4 is 36.8 Å². The number of hydrogen-bond donors (Lipinski definition) is 1. The zero-order valence-electron chi connectivity index (χ0n) is 11.1. The topological polar surface area (TPSA) is 63.2 Å². The van der Waals surface area contributed by atoms with Crippen LogP contribution in [-0.2, 0) is 20.8 Å². The lowest BCUT2D eigenvalue weighted by atomic mass is 10.2. The van der Waals surface area contributed by atoms with Gasteiger partial charge in [-0.05, 0) is 53.9 Å². The van der Waals surface area contributed by atoms with Crippen molar-refractivity contribution in [1.82, 2.24) is 4.72 Å². The molecule has 0 saturated carbocycles. The summed E-state index contributed by atoms with van der Waals surface area (Å²) in [6.07, 6.45) is 2.16. The van der Waals surface area contributed by atoms with E-state index in [2.05, 4.69) is 20.7 Å². The maximum Gasteiger partial charge on any atom is 0.241 e. The largest absolute Gasteiger partial charge is 0.260 e. The molecule has 19 heavy (non-hydrogen) atoms. The van der Waals surface area contributed by atoms with Crippen molar-refractivity contribution in [1.29, 1.82) is 0 Å². The monoisotopic (exact) mass is 367 g/mol. The molecule has 2 atom stereocenters. The Morgan fingerprint density at radius 3 is 2.58 bits per heavy atom. The molecule has 0 aliphatic rings. The van der Waals surface area contributed by atoms with Gasteiger partial charge in [-0.25, -0.2) is 13.1 Å². The predicted octanol–water partition coefficient (Wildman–Crippen LogP) is 2.19. The summed E-state index contributed by atoms with van der Waals surface area (Å²) in [5, 5.41) is 0. The Hall–Kier alpha value is -0.240. The highest BCUT2D eigenvalue weighted by molar-refractivity contribution is 9.10. The first kappa shape index (κ1) is 16.8. The maximum absolute atomic E-state index is 12.2. The standard InChI is InChI=1S/C12H18BrNO3S2/c1-9-4-5-12(11(13)8-9)19(16,17)14-10(2)6-7-18(3)15/h4-5,8,10,14H,6-7H2,1-3H3. The number of aryl methyl sites for hydroxylation is 1. The predicted molar refractivity (Wildman–Crippen MR) is 82.2 cm³/mol. The summed E-state index contributed by atoms with van der Waals surface area (Å²) in [5.41, 5.74) is 0.986. The first-order valence-corrected chi connectivity index (χ1v) is 9.81. The molecule has 0 fully saturated rings. The quantitative estimate of drug-likeness (QED) is 0.837. The molecule has 0 aromatic heterocycles. The Kier molecular flexibility index (Phi) is 6.16. The van der Waals surface area contributed by atoms with E-state index >= 15 is 0 Å². The van der Waals surface area contributed by atoms with Crippen LogP contribution in [0.4, 0.5) is 0 Å². The average molecular weight is 368 g/mol. The van der Waals surface area contributed by atoms with Crippen molar-refractivity contribution in [3.05, 3.63) is 28.2 Å². The molecule has 1 N–H and O–H groups in total. The molecule has 0 saturated heterocycles. The Bertz CT molecular complexity index is 572. The summed E-state index contributed by atoms with van der Waals surface area (Å²) >= 11 is 3.27. The van der Waals surface area contributed by atoms with Crippen molar-refractivity contribution in [3.8, 4) is 0 Å². The minimum atomic E-state index is -3.55. The van der Waals surface area contributed by atoms with Crippen LogP contribution in [0.25, 0.3) is 0 Å². The third kappa shape index (κ3) is 5.33.